The molecule has 19 heavy (non-hydrogen) atoms. The zero-order chi connectivity index (χ0) is 14.6. The third-order valence-electron chi connectivity index (χ3n) is 4.32. The van der Waals surface area contributed by atoms with E-state index in [4.69, 9.17) is 9.47 Å². The first-order valence-corrected chi connectivity index (χ1v) is 6.67. The van der Waals surface area contributed by atoms with Crippen molar-refractivity contribution in [2.75, 3.05) is 13.7 Å². The minimum absolute atomic E-state index is 0.0646. The third kappa shape index (κ3) is 3.85. The molecule has 5 heteroatoms. The summed E-state index contributed by atoms with van der Waals surface area (Å²) < 4.78 is 14.6. The summed E-state index contributed by atoms with van der Waals surface area (Å²) >= 11 is 0. The molecule has 0 aliphatic heterocycles. The maximum absolute atomic E-state index is 11.0. The Hall–Kier alpha value is -1.26. The second-order valence-electron chi connectivity index (χ2n) is 5.77. The number of hydrogen-bond donors (Lipinski definition) is 0. The van der Waals surface area contributed by atoms with Gasteiger partial charge in [0.05, 0.1) is 13.7 Å². The van der Waals surface area contributed by atoms with Gasteiger partial charge in [-0.05, 0) is 31.1 Å². The van der Waals surface area contributed by atoms with E-state index < -0.39 is 6.16 Å². The van der Waals surface area contributed by atoms with E-state index in [0.717, 1.165) is 12.8 Å². The van der Waals surface area contributed by atoms with Crippen LogP contribution in [0.4, 0.5) is 4.79 Å². The highest BCUT2D eigenvalue weighted by Gasteiger charge is 2.50. The normalized spacial score (nSPS) is 25.9. The fourth-order valence-corrected chi connectivity index (χ4v) is 3.03. The summed E-state index contributed by atoms with van der Waals surface area (Å²) in [5, 5.41) is 0. The van der Waals surface area contributed by atoms with Crippen LogP contribution in [0.2, 0.25) is 0 Å². The average molecular weight is 272 g/mol. The van der Waals surface area contributed by atoms with Crippen molar-refractivity contribution in [3.63, 3.8) is 0 Å². The Morgan fingerprint density at radius 3 is 2.47 bits per heavy atom. The van der Waals surface area contributed by atoms with E-state index in [1.54, 1.807) is 0 Å². The quantitative estimate of drug-likeness (QED) is 0.720. The van der Waals surface area contributed by atoms with E-state index in [1.807, 2.05) is 6.92 Å². The van der Waals surface area contributed by atoms with E-state index in [1.165, 1.54) is 14.0 Å². The monoisotopic (exact) mass is 272 g/mol. The van der Waals surface area contributed by atoms with Gasteiger partial charge < -0.3 is 14.2 Å². The summed E-state index contributed by atoms with van der Waals surface area (Å²) in [5.41, 5.74) is 0.0916. The summed E-state index contributed by atoms with van der Waals surface area (Å²) in [6, 6.07) is 0. The van der Waals surface area contributed by atoms with Gasteiger partial charge in [0.25, 0.3) is 0 Å². The second kappa shape index (κ2) is 6.26. The van der Waals surface area contributed by atoms with Gasteiger partial charge in [0.15, 0.2) is 0 Å². The molecule has 0 amide bonds. The van der Waals surface area contributed by atoms with Crippen LogP contribution in [0.25, 0.3) is 0 Å². The van der Waals surface area contributed by atoms with Crippen LogP contribution in [0.3, 0.4) is 0 Å². The van der Waals surface area contributed by atoms with Crippen LogP contribution in [0.5, 0.6) is 0 Å². The van der Waals surface area contributed by atoms with Gasteiger partial charge in [0, 0.05) is 12.8 Å². The molecule has 0 radical (unpaired) electrons. The average Bonchev–Trinajstić information content (AvgIpc) is 2.31. The largest absolute Gasteiger partial charge is 0.507 e. The first-order valence-electron chi connectivity index (χ1n) is 6.67. The van der Waals surface area contributed by atoms with Crippen LogP contribution in [-0.4, -0.2) is 31.9 Å². The van der Waals surface area contributed by atoms with Crippen molar-refractivity contribution in [2.45, 2.75) is 46.6 Å². The van der Waals surface area contributed by atoms with Crippen molar-refractivity contribution in [2.24, 2.45) is 17.3 Å². The van der Waals surface area contributed by atoms with Crippen molar-refractivity contribution in [3.05, 3.63) is 0 Å². The highest BCUT2D eigenvalue weighted by atomic mass is 16.7. The van der Waals surface area contributed by atoms with Gasteiger partial charge in [-0.3, -0.25) is 4.79 Å². The topological polar surface area (TPSA) is 61.8 Å². The number of carbonyl (C=O) groups is 2. The second-order valence-corrected chi connectivity index (χ2v) is 5.77. The van der Waals surface area contributed by atoms with Crippen LogP contribution in [0.15, 0.2) is 0 Å². The highest BCUT2D eigenvalue weighted by molar-refractivity contribution is 5.66. The SMILES string of the molecule is COC(=O)OCC[C@H]1C[C@H]([C@@H](C)OC(C)=O)C1(C)C. The predicted octanol–water partition coefficient (Wildman–Crippen LogP) is 2.77. The molecule has 1 fully saturated rings. The molecule has 1 aliphatic carbocycles. The molecule has 0 unspecified atom stereocenters. The number of esters is 1. The molecule has 0 spiro atoms. The minimum Gasteiger partial charge on any atom is -0.463 e. The molecular formula is C14H24O5. The smallest absolute Gasteiger partial charge is 0.463 e. The Morgan fingerprint density at radius 1 is 1.37 bits per heavy atom. The zero-order valence-electron chi connectivity index (χ0n) is 12.4. The molecule has 0 heterocycles. The van der Waals surface area contributed by atoms with Crippen molar-refractivity contribution in [3.8, 4) is 0 Å². The van der Waals surface area contributed by atoms with Crippen LogP contribution in [-0.2, 0) is 19.0 Å². The zero-order valence-corrected chi connectivity index (χ0v) is 12.4. The lowest BCUT2D eigenvalue weighted by Crippen LogP contribution is -2.51. The third-order valence-corrected chi connectivity index (χ3v) is 4.32. The van der Waals surface area contributed by atoms with E-state index in [0.29, 0.717) is 18.4 Å². The lowest BCUT2D eigenvalue weighted by Gasteiger charge is -2.54. The van der Waals surface area contributed by atoms with E-state index in [-0.39, 0.29) is 17.5 Å². The standard InChI is InChI=1S/C14H24O5/c1-9(19-10(2)15)12-8-11(14(12,3)4)6-7-18-13(16)17-5/h9,11-12H,6-8H2,1-5H3/t9-,11+,12-/m1/s1. The van der Waals surface area contributed by atoms with Crippen LogP contribution < -0.4 is 0 Å². The van der Waals surface area contributed by atoms with E-state index in [2.05, 4.69) is 18.6 Å². The number of rotatable bonds is 5. The molecular weight excluding hydrogens is 248 g/mol. The molecule has 0 aromatic carbocycles. The van der Waals surface area contributed by atoms with Gasteiger partial charge >= 0.3 is 12.1 Å². The lowest BCUT2D eigenvalue weighted by molar-refractivity contribution is -0.162. The van der Waals surface area contributed by atoms with Crippen LogP contribution >= 0.6 is 0 Å². The van der Waals surface area contributed by atoms with Crippen molar-refractivity contribution in [1.82, 2.24) is 0 Å². The van der Waals surface area contributed by atoms with Gasteiger partial charge in [0.2, 0.25) is 0 Å². The Morgan fingerprint density at radius 2 is 2.00 bits per heavy atom. The summed E-state index contributed by atoms with van der Waals surface area (Å²) in [5.74, 6) is 0.598. The number of hydrogen-bond acceptors (Lipinski definition) is 5. The first kappa shape index (κ1) is 15.8. The van der Waals surface area contributed by atoms with Gasteiger partial charge in [0.1, 0.15) is 6.10 Å². The Balaban J connectivity index is 2.37. The maximum atomic E-state index is 11.0. The molecule has 0 aromatic rings. The van der Waals surface area contributed by atoms with Gasteiger partial charge in [-0.15, -0.1) is 0 Å². The molecule has 0 N–H and O–H groups in total. The number of carbonyl (C=O) groups excluding carboxylic acids is 2. The summed E-state index contributed by atoms with van der Waals surface area (Å²) in [6.07, 6.45) is 1.10. The number of methoxy groups -OCH3 is 1. The Bertz CT molecular complexity index is 337. The molecule has 110 valence electrons. The van der Waals surface area contributed by atoms with Gasteiger partial charge in [-0.2, -0.15) is 0 Å². The molecule has 0 bridgehead atoms. The maximum Gasteiger partial charge on any atom is 0.507 e. The summed E-state index contributed by atoms with van der Waals surface area (Å²) in [7, 11) is 1.30. The highest BCUT2D eigenvalue weighted by Crippen LogP contribution is 2.54. The van der Waals surface area contributed by atoms with Gasteiger partial charge in [-0.25, -0.2) is 4.79 Å². The molecule has 1 aliphatic rings. The Kier molecular flexibility index (Phi) is 5.20. The van der Waals surface area contributed by atoms with E-state index >= 15 is 0 Å². The molecule has 0 saturated heterocycles. The Labute approximate surface area is 114 Å². The van der Waals surface area contributed by atoms with Crippen LogP contribution in [0.1, 0.15) is 40.5 Å². The molecule has 3 atom stereocenters. The lowest BCUT2D eigenvalue weighted by atomic mass is 9.52. The van der Waals surface area contributed by atoms with Crippen molar-refractivity contribution < 1.29 is 23.8 Å². The van der Waals surface area contributed by atoms with Gasteiger partial charge in [-0.1, -0.05) is 13.8 Å². The van der Waals surface area contributed by atoms with Crippen molar-refractivity contribution >= 4 is 12.1 Å². The first-order chi connectivity index (χ1) is 8.78. The molecule has 1 rings (SSSR count). The molecule has 5 nitrogen and oxygen atoms in total. The fourth-order valence-electron chi connectivity index (χ4n) is 3.03. The predicted molar refractivity (Wildman–Crippen MR) is 69.6 cm³/mol. The summed E-state index contributed by atoms with van der Waals surface area (Å²) in [4.78, 5) is 21.8. The van der Waals surface area contributed by atoms with E-state index in [9.17, 15) is 9.59 Å². The number of ether oxygens (including phenoxy) is 3. The molecule has 0 aromatic heterocycles. The minimum atomic E-state index is -0.637. The van der Waals surface area contributed by atoms with Crippen molar-refractivity contribution in [1.29, 1.82) is 0 Å². The molecule has 1 saturated carbocycles. The van der Waals surface area contributed by atoms with Crippen LogP contribution in [0, 0.1) is 17.3 Å². The fraction of sp³-hybridized carbons (Fsp3) is 0.857. The summed E-state index contributed by atoms with van der Waals surface area (Å²) in [6.45, 7) is 8.09.